The number of nitrogens with zero attached hydrogens (tertiary/aromatic N) is 4. The molecule has 1 aliphatic carbocycles. The Morgan fingerprint density at radius 3 is 2.44 bits per heavy atom. The van der Waals surface area contributed by atoms with Gasteiger partial charge in [0.15, 0.2) is 0 Å². The predicted molar refractivity (Wildman–Crippen MR) is 185 cm³/mol. The molecule has 0 amide bonds. The number of para-hydroxylation sites is 2. The number of fused-ring (bicyclic) bond motifs is 6. The Bertz CT molecular complexity index is 1950. The lowest BCUT2D eigenvalue weighted by Gasteiger charge is -2.37. The molecule has 4 nitrogen and oxygen atoms in total. The van der Waals surface area contributed by atoms with Crippen LogP contribution in [0.1, 0.15) is 40.2 Å². The Morgan fingerprint density at radius 2 is 1.70 bits per heavy atom. The van der Waals surface area contributed by atoms with Crippen molar-refractivity contribution in [2.24, 2.45) is 22.7 Å². The molecule has 218 valence electrons. The summed E-state index contributed by atoms with van der Waals surface area (Å²) in [6.07, 6.45) is 14.4. The highest BCUT2D eigenvalue weighted by atomic mass is 15.4. The van der Waals surface area contributed by atoms with Gasteiger partial charge in [-0.25, -0.2) is 0 Å². The van der Waals surface area contributed by atoms with Crippen molar-refractivity contribution >= 4 is 50.5 Å². The Balaban J connectivity index is 1.45. The van der Waals surface area contributed by atoms with Crippen molar-refractivity contribution in [3.05, 3.63) is 109 Å². The zero-order chi connectivity index (χ0) is 30.0. The van der Waals surface area contributed by atoms with E-state index >= 15 is 0 Å². The fourth-order valence-electron chi connectivity index (χ4n) is 7.73. The quantitative estimate of drug-likeness (QED) is 0.101. The number of rotatable bonds is 9. The van der Waals surface area contributed by atoms with Crippen molar-refractivity contribution in [1.29, 1.82) is 0 Å². The van der Waals surface area contributed by atoms with Crippen LogP contribution in [0.2, 0.25) is 0 Å². The number of anilines is 1. The van der Waals surface area contributed by atoms with Crippen LogP contribution in [0, 0.1) is 17.8 Å². The van der Waals surface area contributed by atoms with E-state index in [9.17, 15) is 0 Å². The second-order valence-corrected chi connectivity index (χ2v) is 13.0. The molecule has 3 heterocycles. The molecule has 0 bridgehead atoms. The minimum Gasteiger partial charge on any atom is -0.353 e. The molecule has 1 saturated carbocycles. The summed E-state index contributed by atoms with van der Waals surface area (Å²) in [6, 6.07) is 20.8. The van der Waals surface area contributed by atoms with Crippen molar-refractivity contribution in [2.75, 3.05) is 4.90 Å². The van der Waals surface area contributed by atoms with Crippen molar-refractivity contribution in [2.45, 2.75) is 59.3 Å². The number of aromatic nitrogens is 1. The van der Waals surface area contributed by atoms with Gasteiger partial charge in [0.1, 0.15) is 6.17 Å². The molecule has 5 aromatic rings. The maximum absolute atomic E-state index is 4.70. The maximum atomic E-state index is 4.70. The third kappa shape index (κ3) is 4.14. The summed E-state index contributed by atoms with van der Waals surface area (Å²) in [5.74, 6) is 1.23. The highest BCUT2D eigenvalue weighted by molar-refractivity contribution is 6.26. The first-order valence-electron chi connectivity index (χ1n) is 15.7. The van der Waals surface area contributed by atoms with Gasteiger partial charge in [-0.3, -0.25) is 4.99 Å². The molecule has 7 rings (SSSR count). The number of hydrogen-bond acceptors (Lipinski definition) is 3. The Hall–Kier alpha value is -4.31. The van der Waals surface area contributed by atoms with Gasteiger partial charge in [0, 0.05) is 51.8 Å². The van der Waals surface area contributed by atoms with Gasteiger partial charge in [-0.1, -0.05) is 86.2 Å². The fourth-order valence-corrected chi connectivity index (χ4v) is 7.73. The lowest BCUT2D eigenvalue weighted by atomic mass is 10.00. The van der Waals surface area contributed by atoms with Gasteiger partial charge in [-0.05, 0) is 57.5 Å². The van der Waals surface area contributed by atoms with Gasteiger partial charge in [0.25, 0.3) is 0 Å². The molecule has 2 aliphatic rings. The summed E-state index contributed by atoms with van der Waals surface area (Å²) in [7, 11) is 0. The first-order valence-corrected chi connectivity index (χ1v) is 15.7. The third-order valence-electron chi connectivity index (χ3n) is 9.63. The molecule has 0 saturated heterocycles. The summed E-state index contributed by atoms with van der Waals surface area (Å²) in [5, 5.41) is 5.24. The number of allylic oxidation sites excluding steroid dienone is 4. The molecule has 3 aromatic carbocycles. The lowest BCUT2D eigenvalue weighted by Crippen LogP contribution is -2.45. The average Bonchev–Trinajstić information content (AvgIpc) is 3.25. The number of aliphatic imine (C=N–C) groups is 1. The van der Waals surface area contributed by atoms with Crippen LogP contribution in [0.15, 0.2) is 108 Å². The molecule has 43 heavy (non-hydrogen) atoms. The Kier molecular flexibility index (Phi) is 6.69. The normalized spacial score (nSPS) is 22.6. The molecular formula is C39H42N4. The van der Waals surface area contributed by atoms with Crippen LogP contribution in [0.5, 0.6) is 0 Å². The van der Waals surface area contributed by atoms with Crippen LogP contribution in [-0.2, 0) is 6.42 Å². The van der Waals surface area contributed by atoms with Gasteiger partial charge >= 0.3 is 0 Å². The van der Waals surface area contributed by atoms with Crippen molar-refractivity contribution < 1.29 is 0 Å². The van der Waals surface area contributed by atoms with E-state index in [0.29, 0.717) is 23.8 Å². The Labute approximate surface area is 255 Å². The number of benzene rings is 3. The second-order valence-electron chi connectivity index (χ2n) is 13.0. The number of hydrogen-bond donors (Lipinski definition) is 0. The first-order chi connectivity index (χ1) is 20.9. The lowest BCUT2D eigenvalue weighted by molar-refractivity contribution is 0.220. The first kappa shape index (κ1) is 27.5. The average molecular weight is 567 g/mol. The van der Waals surface area contributed by atoms with Crippen LogP contribution in [-0.4, -0.2) is 34.3 Å². The second kappa shape index (κ2) is 10.4. The van der Waals surface area contributed by atoms with Crippen LogP contribution >= 0.6 is 0 Å². The van der Waals surface area contributed by atoms with E-state index in [1.807, 2.05) is 6.08 Å². The Morgan fingerprint density at radius 1 is 0.930 bits per heavy atom. The summed E-state index contributed by atoms with van der Waals surface area (Å²) < 4.78 is 2.48. The maximum Gasteiger partial charge on any atom is 0.111 e. The summed E-state index contributed by atoms with van der Waals surface area (Å²) in [5.41, 5.74) is 7.79. The molecule has 4 atom stereocenters. The largest absolute Gasteiger partial charge is 0.353 e. The summed E-state index contributed by atoms with van der Waals surface area (Å²) in [6.45, 7) is 19.5. The topological polar surface area (TPSA) is 23.2 Å². The zero-order valence-electron chi connectivity index (χ0n) is 26.0. The van der Waals surface area contributed by atoms with E-state index in [1.165, 1.54) is 54.9 Å². The summed E-state index contributed by atoms with van der Waals surface area (Å²) >= 11 is 0. The molecule has 0 radical (unpaired) electrons. The standard InChI is InChI=1S/C39H42N4/c1-8-13-27-20-21-32-34(30-18-12-17-29-28-16-9-10-19-31(28)43(32)38(29)30)37(27)42-23-22-41(25(4)5)39(42)35-33(36(35)40-7)26(6)15-11-14-24(2)3/h8-12,14-25,33,35-36,39H,1,7,13H2,2-6H3/b14-11-,26-15+. The van der Waals surface area contributed by atoms with Crippen molar-refractivity contribution in [1.82, 2.24) is 9.30 Å². The molecule has 4 unspecified atom stereocenters. The van der Waals surface area contributed by atoms with Crippen LogP contribution in [0.3, 0.4) is 0 Å². The van der Waals surface area contributed by atoms with Gasteiger partial charge in [0.05, 0.1) is 28.3 Å². The van der Waals surface area contributed by atoms with E-state index in [4.69, 9.17) is 4.99 Å². The zero-order valence-corrected chi connectivity index (χ0v) is 26.0. The van der Waals surface area contributed by atoms with E-state index < -0.39 is 0 Å². The van der Waals surface area contributed by atoms with Gasteiger partial charge in [-0.2, -0.15) is 0 Å². The summed E-state index contributed by atoms with van der Waals surface area (Å²) in [4.78, 5) is 9.79. The molecule has 4 heteroatoms. The van der Waals surface area contributed by atoms with Crippen molar-refractivity contribution in [3.8, 4) is 0 Å². The smallest absolute Gasteiger partial charge is 0.111 e. The molecular weight excluding hydrogens is 524 g/mol. The molecule has 0 spiro atoms. The molecule has 2 aromatic heterocycles. The van der Waals surface area contributed by atoms with E-state index in [0.717, 1.165) is 6.42 Å². The van der Waals surface area contributed by atoms with Gasteiger partial charge in [-0.15, -0.1) is 6.58 Å². The van der Waals surface area contributed by atoms with E-state index in [1.54, 1.807) is 0 Å². The van der Waals surface area contributed by atoms with Gasteiger partial charge in [0.2, 0.25) is 0 Å². The van der Waals surface area contributed by atoms with Crippen LogP contribution in [0.4, 0.5) is 5.69 Å². The minimum atomic E-state index is 0.143. The van der Waals surface area contributed by atoms with E-state index in [2.05, 4.69) is 147 Å². The molecule has 1 fully saturated rings. The SMILES string of the molecule is C=CCc1ccc2c(c1N1C=CN(C(C)C)C1C1C(N=C)C1/C(C)=C/C=C\C(C)C)c1cccc3c4ccccc4n2c31. The molecule has 0 N–H and O–H groups in total. The minimum absolute atomic E-state index is 0.143. The highest BCUT2D eigenvalue weighted by Gasteiger charge is 2.59. The van der Waals surface area contributed by atoms with Crippen molar-refractivity contribution in [3.63, 3.8) is 0 Å². The van der Waals surface area contributed by atoms with Crippen LogP contribution < -0.4 is 4.90 Å². The predicted octanol–water partition coefficient (Wildman–Crippen LogP) is 9.37. The monoisotopic (exact) mass is 566 g/mol. The fraction of sp³-hybridized carbons (Fsp3) is 0.308. The third-order valence-corrected chi connectivity index (χ3v) is 9.63. The van der Waals surface area contributed by atoms with Gasteiger partial charge < -0.3 is 14.2 Å². The van der Waals surface area contributed by atoms with Crippen LogP contribution in [0.25, 0.3) is 38.1 Å². The highest BCUT2D eigenvalue weighted by Crippen LogP contribution is 2.54. The molecule has 1 aliphatic heterocycles. The van der Waals surface area contributed by atoms with E-state index in [-0.39, 0.29) is 12.2 Å².